The van der Waals surface area contributed by atoms with Crippen LogP contribution < -0.4 is 10.0 Å². The van der Waals surface area contributed by atoms with Gasteiger partial charge in [-0.3, -0.25) is 0 Å². The van der Waals surface area contributed by atoms with E-state index in [2.05, 4.69) is 15.0 Å². The minimum absolute atomic E-state index is 0.0986. The largest absolute Gasteiger partial charge is 0.381 e. The Kier molecular flexibility index (Phi) is 4.54. The number of anilines is 2. The lowest BCUT2D eigenvalue weighted by atomic mass is 9.95. The van der Waals surface area contributed by atoms with E-state index in [1.54, 1.807) is 6.20 Å². The first-order valence-corrected chi connectivity index (χ1v) is 9.98. The second-order valence-electron chi connectivity index (χ2n) is 6.35. The van der Waals surface area contributed by atoms with E-state index >= 15 is 0 Å². The SMILES string of the molecule is Fc1cc(NC2CCC3C(C2)C3(F)F)c(Cl)cc1SNc1nccs1. The highest BCUT2D eigenvalue weighted by molar-refractivity contribution is 8.00. The lowest BCUT2D eigenvalue weighted by molar-refractivity contribution is 0.0849. The molecule has 0 spiro atoms. The highest BCUT2D eigenvalue weighted by Gasteiger charge is 2.68. The van der Waals surface area contributed by atoms with Crippen molar-refractivity contribution in [2.24, 2.45) is 11.8 Å². The summed E-state index contributed by atoms with van der Waals surface area (Å²) in [5, 5.41) is 5.99. The molecule has 0 saturated heterocycles. The maximum atomic E-state index is 14.3. The summed E-state index contributed by atoms with van der Waals surface area (Å²) in [5.74, 6) is -3.95. The van der Waals surface area contributed by atoms with Crippen molar-refractivity contribution in [3.63, 3.8) is 0 Å². The molecule has 25 heavy (non-hydrogen) atoms. The molecular formula is C16H15ClF3N3S2. The van der Waals surface area contributed by atoms with Crippen LogP contribution in [0.1, 0.15) is 19.3 Å². The summed E-state index contributed by atoms with van der Waals surface area (Å²) in [6.07, 6.45) is 3.21. The van der Waals surface area contributed by atoms with Gasteiger partial charge in [-0.1, -0.05) is 11.6 Å². The maximum absolute atomic E-state index is 14.3. The monoisotopic (exact) mass is 405 g/mol. The summed E-state index contributed by atoms with van der Waals surface area (Å²) >= 11 is 8.76. The Bertz CT molecular complexity index is 772. The van der Waals surface area contributed by atoms with Crippen molar-refractivity contribution in [3.8, 4) is 0 Å². The van der Waals surface area contributed by atoms with Crippen LogP contribution >= 0.6 is 34.9 Å². The summed E-state index contributed by atoms with van der Waals surface area (Å²) in [4.78, 5) is 4.41. The molecule has 1 heterocycles. The van der Waals surface area contributed by atoms with Gasteiger partial charge in [0, 0.05) is 29.5 Å². The number of rotatable bonds is 5. The molecule has 0 bridgehead atoms. The third-order valence-corrected chi connectivity index (χ3v) is 6.75. The van der Waals surface area contributed by atoms with Crippen LogP contribution in [0.3, 0.4) is 0 Å². The molecule has 0 radical (unpaired) electrons. The molecule has 2 aliphatic carbocycles. The van der Waals surface area contributed by atoms with Crippen LogP contribution in [0, 0.1) is 17.7 Å². The second kappa shape index (κ2) is 6.55. The Labute approximate surface area is 156 Å². The van der Waals surface area contributed by atoms with Crippen molar-refractivity contribution >= 4 is 45.7 Å². The number of halogens is 4. The van der Waals surface area contributed by atoms with Gasteiger partial charge in [-0.15, -0.1) is 11.3 Å². The smallest absolute Gasteiger partial charge is 0.254 e. The average Bonchev–Trinajstić information content (AvgIpc) is 2.93. The predicted molar refractivity (Wildman–Crippen MR) is 96.2 cm³/mol. The Morgan fingerprint density at radius 1 is 1.28 bits per heavy atom. The number of hydrogen-bond donors (Lipinski definition) is 2. The van der Waals surface area contributed by atoms with E-state index in [0.29, 0.717) is 40.0 Å². The van der Waals surface area contributed by atoms with Crippen molar-refractivity contribution < 1.29 is 13.2 Å². The van der Waals surface area contributed by atoms with Crippen molar-refractivity contribution in [2.45, 2.75) is 36.1 Å². The molecule has 3 atom stereocenters. The standard InChI is InChI=1S/C16H15ClF3N3S2/c17-11-6-14(25-23-15-21-3-4-24-15)12(18)7-13(11)22-8-1-2-9-10(5-8)16(9,19)20/h3-4,6-10,22H,1-2,5H2,(H,21,23). The summed E-state index contributed by atoms with van der Waals surface area (Å²) in [6, 6.07) is 2.76. The molecule has 2 saturated carbocycles. The van der Waals surface area contributed by atoms with Crippen LogP contribution in [0.4, 0.5) is 24.0 Å². The molecule has 134 valence electrons. The topological polar surface area (TPSA) is 37.0 Å². The van der Waals surface area contributed by atoms with E-state index in [-0.39, 0.29) is 6.04 Å². The van der Waals surface area contributed by atoms with E-state index < -0.39 is 23.6 Å². The van der Waals surface area contributed by atoms with Gasteiger partial charge in [0.25, 0.3) is 5.92 Å². The summed E-state index contributed by atoms with van der Waals surface area (Å²) in [7, 11) is 0. The fraction of sp³-hybridized carbons (Fsp3) is 0.438. The lowest BCUT2D eigenvalue weighted by Gasteiger charge is -2.23. The van der Waals surface area contributed by atoms with Crippen LogP contribution in [0.5, 0.6) is 0 Å². The van der Waals surface area contributed by atoms with Crippen LogP contribution in [0.15, 0.2) is 28.6 Å². The zero-order valence-corrected chi connectivity index (χ0v) is 15.3. The number of fused-ring (bicyclic) bond motifs is 1. The van der Waals surface area contributed by atoms with Crippen molar-refractivity contribution in [1.82, 2.24) is 4.98 Å². The zero-order chi connectivity index (χ0) is 17.6. The fourth-order valence-corrected chi connectivity index (χ4v) is 4.98. The molecule has 2 N–H and O–H groups in total. The normalized spacial score (nSPS) is 26.8. The van der Waals surface area contributed by atoms with Gasteiger partial charge in [-0.05, 0) is 43.3 Å². The van der Waals surface area contributed by atoms with Gasteiger partial charge in [0.2, 0.25) is 0 Å². The van der Waals surface area contributed by atoms with Gasteiger partial charge in [0.1, 0.15) is 5.82 Å². The third kappa shape index (κ3) is 3.44. The van der Waals surface area contributed by atoms with Gasteiger partial charge < -0.3 is 10.0 Å². The molecule has 2 aliphatic rings. The average molecular weight is 406 g/mol. The molecule has 9 heteroatoms. The second-order valence-corrected chi connectivity index (χ2v) is 8.50. The first kappa shape index (κ1) is 17.3. The zero-order valence-electron chi connectivity index (χ0n) is 12.9. The molecule has 1 aromatic carbocycles. The fourth-order valence-electron chi connectivity index (χ4n) is 3.42. The van der Waals surface area contributed by atoms with Gasteiger partial charge in [0.05, 0.1) is 15.6 Å². The minimum Gasteiger partial charge on any atom is -0.381 e. The van der Waals surface area contributed by atoms with Gasteiger partial charge in [0.15, 0.2) is 5.13 Å². The summed E-state index contributed by atoms with van der Waals surface area (Å²) in [5.41, 5.74) is 0.449. The van der Waals surface area contributed by atoms with Crippen molar-refractivity contribution in [2.75, 3.05) is 10.0 Å². The number of nitrogens with one attached hydrogen (secondary N) is 2. The maximum Gasteiger partial charge on any atom is 0.254 e. The molecule has 3 unspecified atom stereocenters. The quantitative estimate of drug-likeness (QED) is 0.607. The van der Waals surface area contributed by atoms with Crippen molar-refractivity contribution in [3.05, 3.63) is 34.5 Å². The number of benzene rings is 1. The van der Waals surface area contributed by atoms with Gasteiger partial charge in [-0.2, -0.15) is 0 Å². The first-order chi connectivity index (χ1) is 11.9. The molecule has 0 aliphatic heterocycles. The predicted octanol–water partition coefficient (Wildman–Crippen LogP) is 5.90. The first-order valence-electron chi connectivity index (χ1n) is 7.91. The number of hydrogen-bond acceptors (Lipinski definition) is 5. The van der Waals surface area contributed by atoms with E-state index in [0.717, 1.165) is 11.9 Å². The van der Waals surface area contributed by atoms with E-state index in [9.17, 15) is 13.2 Å². The van der Waals surface area contributed by atoms with Gasteiger partial charge in [-0.25, -0.2) is 18.2 Å². The van der Waals surface area contributed by atoms with Crippen LogP contribution in [-0.4, -0.2) is 16.9 Å². The number of thiazole rings is 1. The molecule has 2 fully saturated rings. The summed E-state index contributed by atoms with van der Waals surface area (Å²) in [6.45, 7) is 0. The van der Waals surface area contributed by atoms with Crippen molar-refractivity contribution in [1.29, 1.82) is 0 Å². The highest BCUT2D eigenvalue weighted by Crippen LogP contribution is 2.62. The molecule has 1 aromatic heterocycles. The Balaban J connectivity index is 1.41. The van der Waals surface area contributed by atoms with Gasteiger partial charge >= 0.3 is 0 Å². The number of alkyl halides is 2. The molecular weight excluding hydrogens is 391 g/mol. The van der Waals surface area contributed by atoms with Crippen LogP contribution in [-0.2, 0) is 0 Å². The molecule has 0 amide bonds. The Hall–Kier alpha value is -1.12. The minimum atomic E-state index is -2.52. The van der Waals surface area contributed by atoms with E-state index in [4.69, 9.17) is 11.6 Å². The molecule has 2 aromatic rings. The van der Waals surface area contributed by atoms with Crippen LogP contribution in [0.25, 0.3) is 0 Å². The Morgan fingerprint density at radius 2 is 2.12 bits per heavy atom. The molecule has 3 nitrogen and oxygen atoms in total. The third-order valence-electron chi connectivity index (χ3n) is 4.79. The number of aromatic nitrogens is 1. The lowest BCUT2D eigenvalue weighted by Crippen LogP contribution is -2.24. The highest BCUT2D eigenvalue weighted by atomic mass is 35.5. The molecule has 4 rings (SSSR count). The Morgan fingerprint density at radius 3 is 2.84 bits per heavy atom. The van der Waals surface area contributed by atoms with E-state index in [1.165, 1.54) is 23.5 Å². The van der Waals surface area contributed by atoms with Crippen LogP contribution in [0.2, 0.25) is 5.02 Å². The summed E-state index contributed by atoms with van der Waals surface area (Å²) < 4.78 is 44.2. The van der Waals surface area contributed by atoms with E-state index in [1.807, 2.05) is 5.38 Å². The number of nitrogens with zero attached hydrogens (tertiary/aromatic N) is 1.